The van der Waals surface area contributed by atoms with Gasteiger partial charge in [0.15, 0.2) is 0 Å². The Morgan fingerprint density at radius 2 is 1.55 bits per heavy atom. The third kappa shape index (κ3) is 3.28. The number of hydrogen-bond acceptors (Lipinski definition) is 4. The summed E-state index contributed by atoms with van der Waals surface area (Å²) in [6.45, 7) is 0.900. The largest absolute Gasteiger partial charge is 0.497 e. The fourth-order valence-corrected chi connectivity index (χ4v) is 4.31. The minimum absolute atomic E-state index is 0.219. The summed E-state index contributed by atoms with van der Waals surface area (Å²) in [6.07, 6.45) is 0.849. The molecule has 0 saturated carbocycles. The zero-order chi connectivity index (χ0) is 21.4. The molecule has 0 bridgehead atoms. The van der Waals surface area contributed by atoms with Crippen LogP contribution in [0.5, 0.6) is 5.75 Å². The third-order valence-electron chi connectivity index (χ3n) is 5.86. The van der Waals surface area contributed by atoms with E-state index in [1.54, 1.807) is 7.11 Å². The SMILES string of the molecule is COc1ccc(CN2C(=O)C(c3ccccc3)=C(N3CCc4ccccc43)C2=O)cc1. The highest BCUT2D eigenvalue weighted by molar-refractivity contribution is 6.36. The maximum atomic E-state index is 13.6. The summed E-state index contributed by atoms with van der Waals surface area (Å²) in [7, 11) is 1.61. The van der Waals surface area contributed by atoms with Crippen LogP contribution >= 0.6 is 0 Å². The fraction of sp³-hybridized carbons (Fsp3) is 0.154. The third-order valence-corrected chi connectivity index (χ3v) is 5.86. The van der Waals surface area contributed by atoms with Gasteiger partial charge in [-0.2, -0.15) is 0 Å². The van der Waals surface area contributed by atoms with Gasteiger partial charge < -0.3 is 9.64 Å². The van der Waals surface area contributed by atoms with Crippen LogP contribution in [0.4, 0.5) is 5.69 Å². The van der Waals surface area contributed by atoms with Crippen molar-refractivity contribution in [2.75, 3.05) is 18.6 Å². The molecule has 0 aromatic heterocycles. The predicted octanol–water partition coefficient (Wildman–Crippen LogP) is 4.04. The topological polar surface area (TPSA) is 49.9 Å². The average molecular weight is 410 g/mol. The molecule has 0 spiro atoms. The van der Waals surface area contributed by atoms with E-state index in [9.17, 15) is 9.59 Å². The number of carbonyl (C=O) groups is 2. The van der Waals surface area contributed by atoms with Crippen LogP contribution in [0.15, 0.2) is 84.6 Å². The molecule has 154 valence electrons. The van der Waals surface area contributed by atoms with E-state index in [0.717, 1.165) is 29.0 Å². The number of carbonyl (C=O) groups excluding carboxylic acids is 2. The zero-order valence-corrected chi connectivity index (χ0v) is 17.2. The van der Waals surface area contributed by atoms with Crippen LogP contribution in [0.2, 0.25) is 0 Å². The van der Waals surface area contributed by atoms with E-state index in [0.29, 0.717) is 17.8 Å². The number of benzene rings is 3. The molecule has 0 radical (unpaired) electrons. The quantitative estimate of drug-likeness (QED) is 0.596. The molecule has 2 amide bonds. The summed E-state index contributed by atoms with van der Waals surface area (Å²) >= 11 is 0. The van der Waals surface area contributed by atoms with Crippen molar-refractivity contribution in [1.29, 1.82) is 0 Å². The van der Waals surface area contributed by atoms with Crippen molar-refractivity contribution >= 4 is 23.1 Å². The highest BCUT2D eigenvalue weighted by Crippen LogP contribution is 2.38. The number of para-hydroxylation sites is 1. The van der Waals surface area contributed by atoms with Crippen molar-refractivity contribution in [2.24, 2.45) is 0 Å². The molecule has 0 saturated heterocycles. The highest BCUT2D eigenvalue weighted by atomic mass is 16.5. The molecule has 0 fully saturated rings. The molecular weight excluding hydrogens is 388 g/mol. The van der Waals surface area contributed by atoms with Crippen molar-refractivity contribution < 1.29 is 14.3 Å². The Hall–Kier alpha value is -3.86. The van der Waals surface area contributed by atoms with Crippen LogP contribution in [0.1, 0.15) is 16.7 Å². The number of anilines is 1. The summed E-state index contributed by atoms with van der Waals surface area (Å²) in [5.74, 6) is 0.225. The molecule has 5 nitrogen and oxygen atoms in total. The molecule has 5 rings (SSSR count). The van der Waals surface area contributed by atoms with Crippen LogP contribution in [0, 0.1) is 0 Å². The van der Waals surface area contributed by atoms with Gasteiger partial charge in [0.1, 0.15) is 11.4 Å². The Morgan fingerprint density at radius 1 is 0.839 bits per heavy atom. The van der Waals surface area contributed by atoms with Gasteiger partial charge in [-0.3, -0.25) is 14.5 Å². The molecule has 0 unspecified atom stereocenters. The van der Waals surface area contributed by atoms with Gasteiger partial charge in [-0.1, -0.05) is 60.7 Å². The smallest absolute Gasteiger partial charge is 0.278 e. The summed E-state index contributed by atoms with van der Waals surface area (Å²) in [6, 6.07) is 25.0. The van der Waals surface area contributed by atoms with Gasteiger partial charge in [-0.25, -0.2) is 0 Å². The monoisotopic (exact) mass is 410 g/mol. The van der Waals surface area contributed by atoms with Gasteiger partial charge in [0.2, 0.25) is 0 Å². The van der Waals surface area contributed by atoms with E-state index in [4.69, 9.17) is 4.74 Å². The summed E-state index contributed by atoms with van der Waals surface area (Å²) in [5, 5.41) is 0. The van der Waals surface area contributed by atoms with Gasteiger partial charge in [0.25, 0.3) is 11.8 Å². The highest BCUT2D eigenvalue weighted by Gasteiger charge is 2.43. The number of ether oxygens (including phenoxy) is 1. The molecule has 2 heterocycles. The second kappa shape index (κ2) is 7.76. The maximum Gasteiger partial charge on any atom is 0.278 e. The van der Waals surface area contributed by atoms with Gasteiger partial charge in [-0.05, 0) is 41.3 Å². The molecule has 3 aromatic rings. The molecule has 0 N–H and O–H groups in total. The first-order chi connectivity index (χ1) is 15.2. The van der Waals surface area contributed by atoms with Crippen LogP contribution < -0.4 is 9.64 Å². The molecule has 3 aromatic carbocycles. The summed E-state index contributed by atoms with van der Waals surface area (Å²) in [5.41, 5.74) is 4.76. The number of fused-ring (bicyclic) bond motifs is 1. The second-order valence-corrected chi connectivity index (χ2v) is 7.66. The van der Waals surface area contributed by atoms with Crippen LogP contribution in [0.25, 0.3) is 5.57 Å². The average Bonchev–Trinajstić information content (AvgIpc) is 3.34. The number of amides is 2. The first-order valence-corrected chi connectivity index (χ1v) is 10.3. The summed E-state index contributed by atoms with van der Waals surface area (Å²) < 4.78 is 5.21. The molecule has 5 heteroatoms. The van der Waals surface area contributed by atoms with Crippen molar-refractivity contribution in [2.45, 2.75) is 13.0 Å². The molecule has 31 heavy (non-hydrogen) atoms. The van der Waals surface area contributed by atoms with Crippen LogP contribution in [-0.2, 0) is 22.6 Å². The fourth-order valence-electron chi connectivity index (χ4n) is 4.31. The van der Waals surface area contributed by atoms with E-state index in [1.807, 2.05) is 77.7 Å². The lowest BCUT2D eigenvalue weighted by molar-refractivity contribution is -0.137. The normalized spacial score (nSPS) is 15.6. The second-order valence-electron chi connectivity index (χ2n) is 7.66. The lowest BCUT2D eigenvalue weighted by Gasteiger charge is -2.22. The van der Waals surface area contributed by atoms with Crippen molar-refractivity contribution in [3.05, 3.63) is 101 Å². The minimum atomic E-state index is -0.258. The Bertz CT molecular complexity index is 1180. The van der Waals surface area contributed by atoms with E-state index in [2.05, 4.69) is 6.07 Å². The Labute approximate surface area is 181 Å². The van der Waals surface area contributed by atoms with E-state index in [1.165, 1.54) is 10.5 Å². The van der Waals surface area contributed by atoms with Gasteiger partial charge >= 0.3 is 0 Å². The summed E-state index contributed by atoms with van der Waals surface area (Å²) in [4.78, 5) is 30.5. The van der Waals surface area contributed by atoms with Gasteiger partial charge in [-0.15, -0.1) is 0 Å². The predicted molar refractivity (Wildman–Crippen MR) is 119 cm³/mol. The number of nitrogens with zero attached hydrogens (tertiary/aromatic N) is 2. The van der Waals surface area contributed by atoms with Gasteiger partial charge in [0.05, 0.1) is 19.2 Å². The maximum absolute atomic E-state index is 13.6. The molecule has 0 aliphatic carbocycles. The van der Waals surface area contributed by atoms with Crippen molar-refractivity contribution in [3.8, 4) is 5.75 Å². The molecule has 2 aliphatic heterocycles. The first kappa shape index (κ1) is 19.1. The zero-order valence-electron chi connectivity index (χ0n) is 17.2. The van der Waals surface area contributed by atoms with Crippen LogP contribution in [-0.4, -0.2) is 30.4 Å². The van der Waals surface area contributed by atoms with E-state index >= 15 is 0 Å². The van der Waals surface area contributed by atoms with Gasteiger partial charge in [0, 0.05) is 12.2 Å². The van der Waals surface area contributed by atoms with E-state index in [-0.39, 0.29) is 18.4 Å². The Morgan fingerprint density at radius 3 is 2.29 bits per heavy atom. The number of imide groups is 1. The first-order valence-electron chi connectivity index (χ1n) is 10.3. The lowest BCUT2D eigenvalue weighted by atomic mass is 10.0. The van der Waals surface area contributed by atoms with Crippen molar-refractivity contribution in [3.63, 3.8) is 0 Å². The molecular formula is C26H22N2O3. The standard InChI is InChI=1S/C26H22N2O3/c1-31-21-13-11-18(12-14-21)17-28-25(29)23(20-8-3-2-4-9-20)24(26(28)30)27-16-15-19-7-5-6-10-22(19)27/h2-14H,15-17H2,1H3. The Kier molecular flexibility index (Phi) is 4.79. The molecule has 2 aliphatic rings. The number of hydrogen-bond donors (Lipinski definition) is 0. The molecule has 0 atom stereocenters. The van der Waals surface area contributed by atoms with E-state index < -0.39 is 0 Å². The van der Waals surface area contributed by atoms with Crippen molar-refractivity contribution in [1.82, 2.24) is 4.90 Å². The minimum Gasteiger partial charge on any atom is -0.497 e. The number of rotatable bonds is 5. The Balaban J connectivity index is 1.56. The lowest BCUT2D eigenvalue weighted by Crippen LogP contribution is -2.34. The number of methoxy groups -OCH3 is 1. The van der Waals surface area contributed by atoms with Crippen LogP contribution in [0.3, 0.4) is 0 Å².